The molecule has 0 aliphatic rings. The predicted octanol–water partition coefficient (Wildman–Crippen LogP) is 4.00. The zero-order valence-corrected chi connectivity index (χ0v) is 17.3. The van der Waals surface area contributed by atoms with Crippen LogP contribution >= 0.6 is 0 Å². The molecule has 0 radical (unpaired) electrons. The lowest BCUT2D eigenvalue weighted by atomic mass is 9.91. The zero-order valence-electron chi connectivity index (χ0n) is 17.3. The summed E-state index contributed by atoms with van der Waals surface area (Å²) in [6, 6.07) is 10.5. The first-order chi connectivity index (χ1) is 14.7. The highest BCUT2D eigenvalue weighted by atomic mass is 19.1. The number of benzene rings is 1. The highest BCUT2D eigenvalue weighted by Crippen LogP contribution is 2.26. The van der Waals surface area contributed by atoms with Crippen LogP contribution in [0.3, 0.4) is 0 Å². The Morgan fingerprint density at radius 3 is 2.48 bits per heavy atom. The van der Waals surface area contributed by atoms with Crippen LogP contribution in [0.15, 0.2) is 48.7 Å². The maximum Gasteiger partial charge on any atom is 0.221 e. The molecule has 158 valence electrons. The van der Waals surface area contributed by atoms with Crippen molar-refractivity contribution >= 4 is 5.95 Å². The summed E-state index contributed by atoms with van der Waals surface area (Å²) in [4.78, 5) is 12.9. The fourth-order valence-corrected chi connectivity index (χ4v) is 3.07. The van der Waals surface area contributed by atoms with Gasteiger partial charge in [-0.1, -0.05) is 32.1 Å². The molecule has 0 saturated carbocycles. The molecule has 0 amide bonds. The highest BCUT2D eigenvalue weighted by molar-refractivity contribution is 5.67. The van der Waals surface area contributed by atoms with Crippen LogP contribution in [0.1, 0.15) is 32.2 Å². The van der Waals surface area contributed by atoms with E-state index in [0.717, 1.165) is 29.6 Å². The van der Waals surface area contributed by atoms with Gasteiger partial charge in [-0.05, 0) is 36.4 Å². The number of hydrogen-bond acceptors (Lipinski definition) is 6. The number of nitrogens with two attached hydrogens (primary N) is 1. The Hall–Kier alpha value is -3.75. The average Bonchev–Trinajstić information content (AvgIpc) is 3.17. The van der Waals surface area contributed by atoms with Gasteiger partial charge in [0.15, 0.2) is 0 Å². The van der Waals surface area contributed by atoms with Crippen molar-refractivity contribution < 1.29 is 8.78 Å². The summed E-state index contributed by atoms with van der Waals surface area (Å²) in [7, 11) is 0. The van der Waals surface area contributed by atoms with E-state index in [1.807, 2.05) is 18.2 Å². The first-order valence-corrected chi connectivity index (χ1v) is 9.66. The molecule has 0 unspecified atom stereocenters. The van der Waals surface area contributed by atoms with Crippen molar-refractivity contribution in [3.05, 3.63) is 71.7 Å². The topological polar surface area (TPSA) is 95.4 Å². The molecule has 0 spiro atoms. The lowest BCUT2D eigenvalue weighted by molar-refractivity contribution is 0.559. The summed E-state index contributed by atoms with van der Waals surface area (Å²) >= 11 is 0. The van der Waals surface area contributed by atoms with E-state index in [-0.39, 0.29) is 22.6 Å². The highest BCUT2D eigenvalue weighted by Gasteiger charge is 2.17. The molecule has 0 bridgehead atoms. The predicted molar refractivity (Wildman–Crippen MR) is 113 cm³/mol. The molecule has 3 aromatic heterocycles. The first kappa shape index (κ1) is 20.5. The number of nitrogen functional groups attached to an aromatic ring is 1. The lowest BCUT2D eigenvalue weighted by Crippen LogP contribution is -2.15. The van der Waals surface area contributed by atoms with Gasteiger partial charge < -0.3 is 5.73 Å². The first-order valence-electron chi connectivity index (χ1n) is 9.66. The van der Waals surface area contributed by atoms with Crippen LogP contribution in [-0.2, 0) is 12.0 Å². The van der Waals surface area contributed by atoms with E-state index in [1.165, 1.54) is 6.07 Å². The molecule has 31 heavy (non-hydrogen) atoms. The number of aromatic nitrogens is 6. The molecule has 0 atom stereocenters. The Morgan fingerprint density at radius 1 is 0.935 bits per heavy atom. The summed E-state index contributed by atoms with van der Waals surface area (Å²) in [6.07, 6.45) is 1.69. The van der Waals surface area contributed by atoms with Gasteiger partial charge in [-0.3, -0.25) is 4.98 Å². The Morgan fingerprint density at radius 2 is 1.71 bits per heavy atom. The number of anilines is 1. The maximum atomic E-state index is 14.2. The molecule has 0 aliphatic heterocycles. The van der Waals surface area contributed by atoms with Crippen molar-refractivity contribution in [3.63, 3.8) is 0 Å². The number of rotatable bonds is 4. The van der Waals surface area contributed by atoms with Gasteiger partial charge in [-0.15, -0.1) is 5.10 Å². The van der Waals surface area contributed by atoms with Crippen LogP contribution in [-0.4, -0.2) is 29.9 Å². The molecule has 1 aromatic carbocycles. The smallest absolute Gasteiger partial charge is 0.221 e. The molecule has 7 nitrogen and oxygen atoms in total. The second kappa shape index (κ2) is 7.82. The molecule has 0 saturated heterocycles. The van der Waals surface area contributed by atoms with E-state index in [9.17, 15) is 8.78 Å². The van der Waals surface area contributed by atoms with Crippen molar-refractivity contribution in [2.24, 2.45) is 0 Å². The van der Waals surface area contributed by atoms with Crippen LogP contribution in [0.25, 0.3) is 22.6 Å². The number of nitrogens with zero attached hydrogens (tertiary/aromatic N) is 6. The minimum Gasteiger partial charge on any atom is -0.368 e. The standard InChI is InChI=1S/C22H21F2N7/c1-22(2,3)20-6-4-5-14(26-20)11-31-12-19(29-30-31)18-10-17(27-21(25)28-18)15-9-13(23)7-8-16(15)24/h4-10,12H,11H2,1-3H3,(H2,25,27,28). The average molecular weight is 421 g/mol. The summed E-state index contributed by atoms with van der Waals surface area (Å²) in [5, 5.41) is 8.28. The molecular weight excluding hydrogens is 400 g/mol. The van der Waals surface area contributed by atoms with Crippen molar-refractivity contribution in [1.82, 2.24) is 29.9 Å². The van der Waals surface area contributed by atoms with E-state index in [4.69, 9.17) is 10.7 Å². The number of pyridine rings is 1. The Kier molecular flexibility index (Phi) is 5.18. The van der Waals surface area contributed by atoms with Crippen molar-refractivity contribution in [3.8, 4) is 22.6 Å². The van der Waals surface area contributed by atoms with Crippen LogP contribution in [0.2, 0.25) is 0 Å². The Labute approximate surface area is 178 Å². The third kappa shape index (κ3) is 4.55. The van der Waals surface area contributed by atoms with Crippen molar-refractivity contribution in [1.29, 1.82) is 0 Å². The van der Waals surface area contributed by atoms with Gasteiger partial charge in [0, 0.05) is 16.7 Å². The van der Waals surface area contributed by atoms with Crippen molar-refractivity contribution in [2.45, 2.75) is 32.7 Å². The largest absolute Gasteiger partial charge is 0.368 e. The third-order valence-electron chi connectivity index (χ3n) is 4.65. The van der Waals surface area contributed by atoms with E-state index >= 15 is 0 Å². The Balaban J connectivity index is 1.64. The fraction of sp³-hybridized carbons (Fsp3) is 0.227. The molecule has 3 heterocycles. The zero-order chi connectivity index (χ0) is 22.2. The van der Waals surface area contributed by atoms with E-state index in [0.29, 0.717) is 17.9 Å². The Bertz CT molecular complexity index is 1240. The fourth-order valence-electron chi connectivity index (χ4n) is 3.07. The molecule has 2 N–H and O–H groups in total. The van der Waals surface area contributed by atoms with Crippen LogP contribution < -0.4 is 5.73 Å². The van der Waals surface area contributed by atoms with Crippen LogP contribution in [0.4, 0.5) is 14.7 Å². The summed E-state index contributed by atoms with van der Waals surface area (Å²) in [5.74, 6) is -1.27. The summed E-state index contributed by atoms with van der Waals surface area (Å²) < 4.78 is 29.4. The lowest BCUT2D eigenvalue weighted by Gasteiger charge is -2.18. The van der Waals surface area contributed by atoms with E-state index in [1.54, 1.807) is 10.9 Å². The summed E-state index contributed by atoms with van der Waals surface area (Å²) in [6.45, 7) is 6.73. The minimum atomic E-state index is -0.612. The minimum absolute atomic E-state index is 0.00839. The third-order valence-corrected chi connectivity index (χ3v) is 4.65. The summed E-state index contributed by atoms with van der Waals surface area (Å²) in [5.41, 5.74) is 8.50. The maximum absolute atomic E-state index is 14.2. The van der Waals surface area contributed by atoms with Gasteiger partial charge in [0.25, 0.3) is 0 Å². The van der Waals surface area contributed by atoms with Gasteiger partial charge in [0.2, 0.25) is 5.95 Å². The molecule has 0 aliphatic carbocycles. The van der Waals surface area contributed by atoms with Gasteiger partial charge in [0.1, 0.15) is 17.3 Å². The second-order valence-corrected chi connectivity index (χ2v) is 8.19. The molecule has 4 aromatic rings. The van der Waals surface area contributed by atoms with E-state index < -0.39 is 11.6 Å². The van der Waals surface area contributed by atoms with E-state index in [2.05, 4.69) is 41.1 Å². The molecule has 0 fully saturated rings. The van der Waals surface area contributed by atoms with Crippen LogP contribution in [0, 0.1) is 11.6 Å². The molecule has 4 rings (SSSR count). The molecule has 9 heteroatoms. The SMILES string of the molecule is CC(C)(C)c1cccc(Cn2cc(-c3cc(-c4cc(F)ccc4F)nc(N)n3)nn2)n1. The van der Waals surface area contributed by atoms with Gasteiger partial charge in [0.05, 0.1) is 29.8 Å². The second-order valence-electron chi connectivity index (χ2n) is 8.19. The van der Waals surface area contributed by atoms with Gasteiger partial charge in [-0.25, -0.2) is 23.4 Å². The number of halogens is 2. The molecular formula is C22H21F2N7. The normalized spacial score (nSPS) is 11.6. The van der Waals surface area contributed by atoms with Crippen molar-refractivity contribution in [2.75, 3.05) is 5.73 Å². The quantitative estimate of drug-likeness (QED) is 0.535. The monoisotopic (exact) mass is 421 g/mol. The van der Waals surface area contributed by atoms with Gasteiger partial charge >= 0.3 is 0 Å². The van der Waals surface area contributed by atoms with Gasteiger partial charge in [-0.2, -0.15) is 0 Å². The number of hydrogen-bond donors (Lipinski definition) is 1. The van der Waals surface area contributed by atoms with Crippen LogP contribution in [0.5, 0.6) is 0 Å².